The molecule has 0 rings (SSSR count). The van der Waals surface area contributed by atoms with E-state index in [1.165, 1.54) is 0 Å². The third-order valence-electron chi connectivity index (χ3n) is 2.44. The van der Waals surface area contributed by atoms with Crippen LogP contribution in [0, 0.1) is 5.41 Å². The molecule has 4 N–H and O–H groups in total. The Bertz CT molecular complexity index is 227. The Morgan fingerprint density at radius 3 is 1.65 bits per heavy atom. The Morgan fingerprint density at radius 1 is 0.800 bits per heavy atom. The number of ether oxygens (including phenoxy) is 2. The fourth-order valence-corrected chi connectivity index (χ4v) is 1.92. The summed E-state index contributed by atoms with van der Waals surface area (Å²) < 4.78 is 11.8. The zero-order chi connectivity index (χ0) is 15.8. The molecule has 0 spiro atoms. The first-order valence-corrected chi connectivity index (χ1v) is 7.00. The van der Waals surface area contributed by atoms with Crippen LogP contribution in [0.4, 0.5) is 0 Å². The molecule has 0 amide bonds. The van der Waals surface area contributed by atoms with Crippen LogP contribution in [0.1, 0.15) is 48.0 Å². The van der Waals surface area contributed by atoms with Gasteiger partial charge in [-0.05, 0) is 32.6 Å². The van der Waals surface area contributed by atoms with E-state index in [9.17, 15) is 0 Å². The van der Waals surface area contributed by atoms with Gasteiger partial charge in [-0.2, -0.15) is 0 Å². The average molecular weight is 292 g/mol. The molecule has 0 aromatic heterocycles. The molecule has 0 saturated carbocycles. The highest BCUT2D eigenvalue weighted by atomic mass is 16.7. The molecule has 6 nitrogen and oxygen atoms in total. The van der Waals surface area contributed by atoms with Crippen LogP contribution in [0.3, 0.4) is 0 Å². The lowest BCUT2D eigenvalue weighted by Crippen LogP contribution is -2.37. The van der Waals surface area contributed by atoms with Crippen molar-refractivity contribution in [1.82, 2.24) is 0 Å². The second-order valence-electron chi connectivity index (χ2n) is 7.24. The van der Waals surface area contributed by atoms with Gasteiger partial charge in [0.2, 0.25) is 0 Å². The summed E-state index contributed by atoms with van der Waals surface area (Å²) in [5.74, 6) is 10.1. The van der Waals surface area contributed by atoms with Crippen molar-refractivity contribution in [3.8, 4) is 0 Å². The molecule has 0 radical (unpaired) electrons. The maximum absolute atomic E-state index is 6.05. The van der Waals surface area contributed by atoms with Crippen LogP contribution in [0.15, 0.2) is 0 Å². The lowest BCUT2D eigenvalue weighted by Gasteiger charge is -2.32. The number of nitrogens with two attached hydrogens (primary N) is 2. The lowest BCUT2D eigenvalue weighted by atomic mass is 9.89. The Kier molecular flexibility index (Phi) is 8.81. The highest BCUT2D eigenvalue weighted by Crippen LogP contribution is 2.25. The highest BCUT2D eigenvalue weighted by molar-refractivity contribution is 4.73. The minimum absolute atomic E-state index is 0.00644. The first-order chi connectivity index (χ1) is 9.07. The van der Waals surface area contributed by atoms with E-state index in [0.29, 0.717) is 6.61 Å². The van der Waals surface area contributed by atoms with Crippen molar-refractivity contribution in [3.63, 3.8) is 0 Å². The van der Waals surface area contributed by atoms with Gasteiger partial charge in [0.05, 0.1) is 31.5 Å². The summed E-state index contributed by atoms with van der Waals surface area (Å²) in [7, 11) is 0. The van der Waals surface area contributed by atoms with Crippen LogP contribution in [-0.4, -0.2) is 37.6 Å². The quantitative estimate of drug-likeness (QED) is 0.630. The Balaban J connectivity index is 4.46. The Hall–Kier alpha value is -0.240. The van der Waals surface area contributed by atoms with E-state index in [0.717, 1.165) is 6.42 Å². The summed E-state index contributed by atoms with van der Waals surface area (Å²) in [4.78, 5) is 9.18. The van der Waals surface area contributed by atoms with Crippen molar-refractivity contribution in [3.05, 3.63) is 0 Å². The van der Waals surface area contributed by atoms with Crippen LogP contribution in [0.25, 0.3) is 0 Å². The standard InChI is InChI=1S/C14H32N2O4/c1-13(2,3)7-11(20-14(4,5)6)8-17-12(9-18-15)10-19-16/h11-12H,7-10,15-16H2,1-6H3. The predicted octanol–water partition coefficient (Wildman–Crippen LogP) is 1.77. The van der Waals surface area contributed by atoms with Crippen LogP contribution in [0.2, 0.25) is 0 Å². The maximum atomic E-state index is 6.05. The topological polar surface area (TPSA) is 89.0 Å². The van der Waals surface area contributed by atoms with E-state index >= 15 is 0 Å². The predicted molar refractivity (Wildman–Crippen MR) is 78.7 cm³/mol. The first kappa shape index (κ1) is 19.8. The van der Waals surface area contributed by atoms with Crippen molar-refractivity contribution in [2.24, 2.45) is 17.2 Å². The van der Waals surface area contributed by atoms with E-state index in [2.05, 4.69) is 30.4 Å². The summed E-state index contributed by atoms with van der Waals surface area (Å²) >= 11 is 0. The minimum Gasteiger partial charge on any atom is -0.371 e. The SMILES string of the molecule is CC(C)(C)CC(COC(CON)CON)OC(C)(C)C. The molecule has 0 aliphatic carbocycles. The van der Waals surface area contributed by atoms with Gasteiger partial charge >= 0.3 is 0 Å². The van der Waals surface area contributed by atoms with Gasteiger partial charge in [0.1, 0.15) is 6.10 Å². The van der Waals surface area contributed by atoms with Crippen molar-refractivity contribution in [1.29, 1.82) is 0 Å². The van der Waals surface area contributed by atoms with E-state index in [-0.39, 0.29) is 36.4 Å². The maximum Gasteiger partial charge on any atom is 0.108 e. The molecule has 0 saturated heterocycles. The van der Waals surface area contributed by atoms with Crippen molar-refractivity contribution in [2.75, 3.05) is 19.8 Å². The molecule has 0 fully saturated rings. The molecule has 1 atom stereocenters. The lowest BCUT2D eigenvalue weighted by molar-refractivity contribution is -0.134. The fraction of sp³-hybridized carbons (Fsp3) is 1.00. The van der Waals surface area contributed by atoms with Crippen LogP contribution < -0.4 is 11.8 Å². The van der Waals surface area contributed by atoms with Crippen LogP contribution in [0.5, 0.6) is 0 Å². The summed E-state index contributed by atoms with van der Waals surface area (Å²) in [5.41, 5.74) is -0.0625. The summed E-state index contributed by atoms with van der Waals surface area (Å²) in [6.07, 6.45) is 0.591. The van der Waals surface area contributed by atoms with E-state index in [4.69, 9.17) is 21.3 Å². The molecule has 1 unspecified atom stereocenters. The van der Waals surface area contributed by atoms with Gasteiger partial charge in [0, 0.05) is 0 Å². The Labute approximate surface area is 123 Å². The molecule has 20 heavy (non-hydrogen) atoms. The molecular formula is C14H32N2O4. The van der Waals surface area contributed by atoms with Gasteiger partial charge in [-0.1, -0.05) is 20.8 Å². The number of hydrogen-bond donors (Lipinski definition) is 2. The molecule has 0 aromatic rings. The van der Waals surface area contributed by atoms with Crippen LogP contribution >= 0.6 is 0 Å². The smallest absolute Gasteiger partial charge is 0.108 e. The molecule has 0 aliphatic rings. The minimum atomic E-state index is -0.295. The van der Waals surface area contributed by atoms with Crippen molar-refractivity contribution < 1.29 is 19.1 Å². The monoisotopic (exact) mass is 292 g/mol. The zero-order valence-corrected chi connectivity index (χ0v) is 13.8. The van der Waals surface area contributed by atoms with E-state index < -0.39 is 0 Å². The highest BCUT2D eigenvalue weighted by Gasteiger charge is 2.25. The molecule has 122 valence electrons. The normalized spacial score (nSPS) is 14.8. The largest absolute Gasteiger partial charge is 0.371 e. The first-order valence-electron chi connectivity index (χ1n) is 7.00. The number of rotatable bonds is 9. The summed E-state index contributed by atoms with van der Waals surface area (Å²) in [6, 6.07) is 0. The van der Waals surface area contributed by atoms with Crippen molar-refractivity contribution in [2.45, 2.75) is 65.8 Å². The molecule has 0 aliphatic heterocycles. The van der Waals surface area contributed by atoms with Crippen molar-refractivity contribution >= 4 is 0 Å². The molecule has 0 heterocycles. The van der Waals surface area contributed by atoms with Gasteiger partial charge in [0.25, 0.3) is 0 Å². The molecule has 0 aromatic carbocycles. The van der Waals surface area contributed by atoms with Gasteiger partial charge in [-0.3, -0.25) is 0 Å². The van der Waals surface area contributed by atoms with E-state index in [1.807, 2.05) is 20.8 Å². The zero-order valence-electron chi connectivity index (χ0n) is 13.8. The van der Waals surface area contributed by atoms with Gasteiger partial charge in [0.15, 0.2) is 0 Å². The molecule has 6 heteroatoms. The van der Waals surface area contributed by atoms with Gasteiger partial charge in [-0.15, -0.1) is 0 Å². The second-order valence-corrected chi connectivity index (χ2v) is 7.24. The fourth-order valence-electron chi connectivity index (χ4n) is 1.92. The number of hydrogen-bond acceptors (Lipinski definition) is 6. The Morgan fingerprint density at radius 2 is 1.30 bits per heavy atom. The molecular weight excluding hydrogens is 260 g/mol. The summed E-state index contributed by atoms with van der Waals surface area (Å²) in [6.45, 7) is 13.5. The van der Waals surface area contributed by atoms with E-state index in [1.54, 1.807) is 0 Å². The average Bonchev–Trinajstić information content (AvgIpc) is 2.21. The van der Waals surface area contributed by atoms with Gasteiger partial charge < -0.3 is 19.1 Å². The third-order valence-corrected chi connectivity index (χ3v) is 2.44. The summed E-state index contributed by atoms with van der Waals surface area (Å²) in [5, 5.41) is 0. The third kappa shape index (κ3) is 11.6. The second kappa shape index (κ2) is 8.92. The molecule has 0 bridgehead atoms. The van der Waals surface area contributed by atoms with Crippen LogP contribution in [-0.2, 0) is 19.1 Å². The van der Waals surface area contributed by atoms with Gasteiger partial charge in [-0.25, -0.2) is 11.8 Å².